The van der Waals surface area contributed by atoms with Crippen molar-refractivity contribution in [1.82, 2.24) is 14.7 Å². The standard InChI is InChI=1S/C19H19N3O3/c1-24-15-7-5-6-12(19(15)25-2)13-10-17(23)20-11-14-18(13)22-9-4-3-8-16(22)21-14/h3-9,13H,10-11H2,1-2H3,(H,20,23)/t13-/m0/s1. The molecule has 1 amide bonds. The van der Waals surface area contributed by atoms with E-state index >= 15 is 0 Å². The molecule has 1 aliphatic heterocycles. The number of ether oxygens (including phenoxy) is 2. The van der Waals surface area contributed by atoms with Crippen LogP contribution in [0.15, 0.2) is 42.6 Å². The van der Waals surface area contributed by atoms with Crippen molar-refractivity contribution in [3.8, 4) is 11.5 Å². The van der Waals surface area contributed by atoms with Crippen molar-refractivity contribution < 1.29 is 14.3 Å². The molecule has 1 aliphatic rings. The van der Waals surface area contributed by atoms with Gasteiger partial charge in [-0.25, -0.2) is 4.98 Å². The van der Waals surface area contributed by atoms with E-state index in [9.17, 15) is 4.79 Å². The minimum Gasteiger partial charge on any atom is -0.493 e. The Balaban J connectivity index is 1.97. The number of nitrogens with zero attached hydrogens (tertiary/aromatic N) is 2. The summed E-state index contributed by atoms with van der Waals surface area (Å²) in [5.74, 6) is 1.14. The lowest BCUT2D eigenvalue weighted by Gasteiger charge is -2.20. The fourth-order valence-corrected chi connectivity index (χ4v) is 3.54. The quantitative estimate of drug-likeness (QED) is 0.797. The summed E-state index contributed by atoms with van der Waals surface area (Å²) in [5, 5.41) is 2.94. The van der Waals surface area contributed by atoms with Crippen LogP contribution in [0.1, 0.15) is 29.3 Å². The van der Waals surface area contributed by atoms with E-state index in [1.54, 1.807) is 14.2 Å². The van der Waals surface area contributed by atoms with Gasteiger partial charge >= 0.3 is 0 Å². The van der Waals surface area contributed by atoms with Gasteiger partial charge in [0.15, 0.2) is 11.5 Å². The Morgan fingerprint density at radius 1 is 1.16 bits per heavy atom. The van der Waals surface area contributed by atoms with E-state index in [0.717, 1.165) is 22.6 Å². The topological polar surface area (TPSA) is 64.9 Å². The Kier molecular flexibility index (Phi) is 3.80. The maximum Gasteiger partial charge on any atom is 0.221 e. The predicted molar refractivity (Wildman–Crippen MR) is 93.0 cm³/mol. The first-order valence-corrected chi connectivity index (χ1v) is 8.16. The smallest absolute Gasteiger partial charge is 0.221 e. The monoisotopic (exact) mass is 337 g/mol. The lowest BCUT2D eigenvalue weighted by molar-refractivity contribution is -0.121. The van der Waals surface area contributed by atoms with Crippen LogP contribution in [0.5, 0.6) is 11.5 Å². The SMILES string of the molecule is COc1cccc([C@@H]2CC(=O)NCc3nc4ccccn4c32)c1OC. The molecule has 1 atom stereocenters. The number of imidazole rings is 1. The molecule has 1 aromatic carbocycles. The molecule has 128 valence electrons. The highest BCUT2D eigenvalue weighted by Gasteiger charge is 2.31. The van der Waals surface area contributed by atoms with Crippen LogP contribution in [0.2, 0.25) is 0 Å². The first-order chi connectivity index (χ1) is 12.2. The summed E-state index contributed by atoms with van der Waals surface area (Å²) in [6.45, 7) is 0.429. The molecule has 3 aromatic rings. The third-order valence-corrected chi connectivity index (χ3v) is 4.62. The van der Waals surface area contributed by atoms with Crippen LogP contribution in [-0.2, 0) is 11.3 Å². The average Bonchev–Trinajstić information content (AvgIpc) is 2.93. The summed E-state index contributed by atoms with van der Waals surface area (Å²) in [5.41, 5.74) is 3.69. The molecule has 0 spiro atoms. The molecular formula is C19H19N3O3. The Hall–Kier alpha value is -3.02. The highest BCUT2D eigenvalue weighted by atomic mass is 16.5. The lowest BCUT2D eigenvalue weighted by Crippen LogP contribution is -2.21. The molecule has 6 nitrogen and oxygen atoms in total. The number of rotatable bonds is 3. The van der Waals surface area contributed by atoms with Crippen molar-refractivity contribution in [3.63, 3.8) is 0 Å². The highest BCUT2D eigenvalue weighted by molar-refractivity contribution is 5.79. The zero-order valence-electron chi connectivity index (χ0n) is 14.2. The van der Waals surface area contributed by atoms with Crippen molar-refractivity contribution >= 4 is 11.6 Å². The summed E-state index contributed by atoms with van der Waals surface area (Å²) < 4.78 is 13.1. The summed E-state index contributed by atoms with van der Waals surface area (Å²) in [7, 11) is 3.23. The van der Waals surface area contributed by atoms with Crippen LogP contribution in [0, 0.1) is 0 Å². The average molecular weight is 337 g/mol. The van der Waals surface area contributed by atoms with Gasteiger partial charge in [0.1, 0.15) is 5.65 Å². The second kappa shape index (κ2) is 6.12. The van der Waals surface area contributed by atoms with Gasteiger partial charge in [0.05, 0.1) is 32.2 Å². The largest absolute Gasteiger partial charge is 0.493 e. The van der Waals surface area contributed by atoms with E-state index in [0.29, 0.717) is 24.5 Å². The first-order valence-electron chi connectivity index (χ1n) is 8.16. The molecule has 2 aromatic heterocycles. The molecule has 0 radical (unpaired) electrons. The third-order valence-electron chi connectivity index (χ3n) is 4.62. The van der Waals surface area contributed by atoms with E-state index in [1.165, 1.54) is 0 Å². The van der Waals surface area contributed by atoms with Crippen LogP contribution < -0.4 is 14.8 Å². The van der Waals surface area contributed by atoms with Crippen LogP contribution in [0.25, 0.3) is 5.65 Å². The van der Waals surface area contributed by atoms with Crippen LogP contribution in [-0.4, -0.2) is 29.5 Å². The number of pyridine rings is 1. The number of para-hydroxylation sites is 1. The Morgan fingerprint density at radius 3 is 2.84 bits per heavy atom. The second-order valence-corrected chi connectivity index (χ2v) is 5.99. The van der Waals surface area contributed by atoms with Crippen molar-refractivity contribution in [2.24, 2.45) is 0 Å². The summed E-state index contributed by atoms with van der Waals surface area (Å²) in [4.78, 5) is 17.0. The number of hydrogen-bond acceptors (Lipinski definition) is 4. The minimum atomic E-state index is -0.167. The Morgan fingerprint density at radius 2 is 2.04 bits per heavy atom. The number of carbonyl (C=O) groups excluding carboxylic acids is 1. The number of methoxy groups -OCH3 is 2. The lowest BCUT2D eigenvalue weighted by atomic mass is 9.90. The molecule has 0 aliphatic carbocycles. The van der Waals surface area contributed by atoms with Gasteiger partial charge < -0.3 is 19.2 Å². The molecule has 0 bridgehead atoms. The number of amides is 1. The van der Waals surface area contributed by atoms with Crippen LogP contribution in [0.4, 0.5) is 0 Å². The van der Waals surface area contributed by atoms with Gasteiger partial charge in [-0.05, 0) is 18.2 Å². The Bertz CT molecular complexity index is 948. The van der Waals surface area contributed by atoms with E-state index in [-0.39, 0.29) is 11.8 Å². The number of aromatic nitrogens is 2. The van der Waals surface area contributed by atoms with E-state index in [4.69, 9.17) is 14.5 Å². The third kappa shape index (κ3) is 2.50. The molecule has 25 heavy (non-hydrogen) atoms. The fraction of sp³-hybridized carbons (Fsp3) is 0.263. The van der Waals surface area contributed by atoms with E-state index in [2.05, 4.69) is 9.72 Å². The number of nitrogens with one attached hydrogen (secondary N) is 1. The van der Waals surface area contributed by atoms with Gasteiger partial charge in [0.2, 0.25) is 5.91 Å². The number of carbonyl (C=O) groups is 1. The molecule has 1 N–H and O–H groups in total. The van der Waals surface area contributed by atoms with Crippen LogP contribution in [0.3, 0.4) is 0 Å². The van der Waals surface area contributed by atoms with Gasteiger partial charge in [-0.1, -0.05) is 18.2 Å². The molecule has 0 saturated heterocycles. The molecule has 3 heterocycles. The molecular weight excluding hydrogens is 318 g/mol. The fourth-order valence-electron chi connectivity index (χ4n) is 3.54. The highest BCUT2D eigenvalue weighted by Crippen LogP contribution is 2.41. The molecule has 0 unspecified atom stereocenters. The van der Waals surface area contributed by atoms with E-state index < -0.39 is 0 Å². The van der Waals surface area contributed by atoms with Crippen LogP contribution >= 0.6 is 0 Å². The van der Waals surface area contributed by atoms with Crippen molar-refractivity contribution in [3.05, 3.63) is 59.5 Å². The molecule has 6 heteroatoms. The van der Waals surface area contributed by atoms with Gasteiger partial charge in [-0.15, -0.1) is 0 Å². The number of hydrogen-bond donors (Lipinski definition) is 1. The van der Waals surface area contributed by atoms with Gasteiger partial charge in [0.25, 0.3) is 0 Å². The summed E-state index contributed by atoms with van der Waals surface area (Å²) >= 11 is 0. The zero-order valence-corrected chi connectivity index (χ0v) is 14.2. The normalized spacial score (nSPS) is 16.9. The summed E-state index contributed by atoms with van der Waals surface area (Å²) in [6.07, 6.45) is 2.32. The number of benzene rings is 1. The number of fused-ring (bicyclic) bond motifs is 3. The van der Waals surface area contributed by atoms with Crippen molar-refractivity contribution in [1.29, 1.82) is 0 Å². The zero-order chi connectivity index (χ0) is 17.4. The maximum atomic E-state index is 12.3. The van der Waals surface area contributed by atoms with Crippen molar-refractivity contribution in [2.45, 2.75) is 18.9 Å². The predicted octanol–water partition coefficient (Wildman–Crippen LogP) is 2.50. The van der Waals surface area contributed by atoms with Gasteiger partial charge in [-0.2, -0.15) is 0 Å². The molecule has 0 fully saturated rings. The Labute approximate surface area is 145 Å². The van der Waals surface area contributed by atoms with Gasteiger partial charge in [0, 0.05) is 24.1 Å². The molecule has 4 rings (SSSR count). The minimum absolute atomic E-state index is 0.00226. The van der Waals surface area contributed by atoms with E-state index in [1.807, 2.05) is 42.6 Å². The maximum absolute atomic E-state index is 12.3. The second-order valence-electron chi connectivity index (χ2n) is 5.99. The molecule has 0 saturated carbocycles. The van der Waals surface area contributed by atoms with Gasteiger partial charge in [-0.3, -0.25) is 4.79 Å². The van der Waals surface area contributed by atoms with Crippen molar-refractivity contribution in [2.75, 3.05) is 14.2 Å². The summed E-state index contributed by atoms with van der Waals surface area (Å²) in [6, 6.07) is 11.7. The first kappa shape index (κ1) is 15.5.